The lowest BCUT2D eigenvalue weighted by Gasteiger charge is -2.16. The number of anilines is 1. The number of nitrogens with one attached hydrogen (secondary N) is 2. The number of amides is 3. The standard InChI is InChI=1S/C10H10BrCl2N3O2/c1-4(9(17)16-10(14)18)15-6-3-2-5(11)7(12)8(6)13/h2-4,15H,1H3,(H3,14,16,17,18). The molecular formula is C10H10BrCl2N3O2. The molecule has 4 N–H and O–H groups in total. The Morgan fingerprint density at radius 2 is 1.94 bits per heavy atom. The van der Waals surface area contributed by atoms with E-state index in [9.17, 15) is 9.59 Å². The fourth-order valence-electron chi connectivity index (χ4n) is 1.17. The number of imide groups is 1. The normalized spacial score (nSPS) is 11.8. The fourth-order valence-corrected chi connectivity index (χ4v) is 1.99. The van der Waals surface area contributed by atoms with Crippen LogP contribution >= 0.6 is 39.1 Å². The molecule has 0 spiro atoms. The fraction of sp³-hybridized carbons (Fsp3) is 0.200. The van der Waals surface area contributed by atoms with Crippen LogP contribution in [0.3, 0.4) is 0 Å². The van der Waals surface area contributed by atoms with Gasteiger partial charge in [-0.1, -0.05) is 23.2 Å². The van der Waals surface area contributed by atoms with Crippen molar-refractivity contribution in [3.63, 3.8) is 0 Å². The van der Waals surface area contributed by atoms with Crippen molar-refractivity contribution in [1.29, 1.82) is 0 Å². The molecule has 0 aliphatic rings. The van der Waals surface area contributed by atoms with Gasteiger partial charge in [-0.05, 0) is 35.0 Å². The molecule has 0 saturated heterocycles. The summed E-state index contributed by atoms with van der Waals surface area (Å²) in [6.45, 7) is 1.56. The lowest BCUT2D eigenvalue weighted by atomic mass is 10.2. The van der Waals surface area contributed by atoms with Gasteiger partial charge >= 0.3 is 6.03 Å². The summed E-state index contributed by atoms with van der Waals surface area (Å²) < 4.78 is 0.647. The molecule has 1 aromatic carbocycles. The Bertz CT molecular complexity index is 496. The highest BCUT2D eigenvalue weighted by Gasteiger charge is 2.16. The lowest BCUT2D eigenvalue weighted by Crippen LogP contribution is -2.43. The van der Waals surface area contributed by atoms with Gasteiger partial charge in [-0.15, -0.1) is 0 Å². The predicted octanol–water partition coefficient (Wildman–Crippen LogP) is 2.75. The molecule has 8 heteroatoms. The van der Waals surface area contributed by atoms with E-state index in [1.54, 1.807) is 19.1 Å². The average Bonchev–Trinajstić information content (AvgIpc) is 2.29. The lowest BCUT2D eigenvalue weighted by molar-refractivity contribution is -0.120. The number of nitrogens with two attached hydrogens (primary N) is 1. The Morgan fingerprint density at radius 1 is 1.33 bits per heavy atom. The van der Waals surface area contributed by atoms with Crippen molar-refractivity contribution in [2.45, 2.75) is 13.0 Å². The molecule has 1 aromatic rings. The van der Waals surface area contributed by atoms with Crippen molar-refractivity contribution < 1.29 is 9.59 Å². The topological polar surface area (TPSA) is 84.2 Å². The van der Waals surface area contributed by atoms with Crippen molar-refractivity contribution in [3.8, 4) is 0 Å². The summed E-state index contributed by atoms with van der Waals surface area (Å²) in [6, 6.07) is 1.75. The Balaban J connectivity index is 2.82. The summed E-state index contributed by atoms with van der Waals surface area (Å²) in [6.07, 6.45) is 0. The van der Waals surface area contributed by atoms with Gasteiger partial charge in [0.15, 0.2) is 0 Å². The van der Waals surface area contributed by atoms with Crippen LogP contribution in [0.25, 0.3) is 0 Å². The molecule has 18 heavy (non-hydrogen) atoms. The molecule has 1 atom stereocenters. The second-order valence-corrected chi connectivity index (χ2v) is 5.05. The Labute approximate surface area is 122 Å². The van der Waals surface area contributed by atoms with Crippen LogP contribution in [-0.2, 0) is 4.79 Å². The van der Waals surface area contributed by atoms with Gasteiger partial charge in [0, 0.05) is 4.47 Å². The first-order valence-corrected chi connectivity index (χ1v) is 6.38. The number of halogens is 3. The molecular weight excluding hydrogens is 345 g/mol. The SMILES string of the molecule is CC(Nc1ccc(Br)c(Cl)c1Cl)C(=O)NC(N)=O. The molecule has 0 saturated carbocycles. The van der Waals surface area contributed by atoms with E-state index in [4.69, 9.17) is 28.9 Å². The molecule has 0 heterocycles. The monoisotopic (exact) mass is 353 g/mol. The number of urea groups is 1. The molecule has 3 amide bonds. The van der Waals surface area contributed by atoms with E-state index in [0.717, 1.165) is 0 Å². The van der Waals surface area contributed by atoms with Gasteiger partial charge in [0.1, 0.15) is 6.04 Å². The van der Waals surface area contributed by atoms with E-state index in [-0.39, 0.29) is 5.02 Å². The van der Waals surface area contributed by atoms with Crippen molar-refractivity contribution in [2.24, 2.45) is 5.73 Å². The first-order valence-electron chi connectivity index (χ1n) is 4.83. The molecule has 0 aliphatic heterocycles. The van der Waals surface area contributed by atoms with Gasteiger partial charge in [0.05, 0.1) is 15.7 Å². The third kappa shape index (κ3) is 3.76. The van der Waals surface area contributed by atoms with Crippen molar-refractivity contribution in [3.05, 3.63) is 26.7 Å². The average molecular weight is 355 g/mol. The quantitative estimate of drug-likeness (QED) is 0.729. The van der Waals surface area contributed by atoms with Crippen LogP contribution in [0.4, 0.5) is 10.5 Å². The van der Waals surface area contributed by atoms with Crippen LogP contribution < -0.4 is 16.4 Å². The second-order valence-electron chi connectivity index (χ2n) is 3.44. The maximum Gasteiger partial charge on any atom is 0.318 e. The van der Waals surface area contributed by atoms with Crippen molar-refractivity contribution in [2.75, 3.05) is 5.32 Å². The third-order valence-corrected chi connectivity index (χ3v) is 3.82. The Kier molecular flexibility index (Phi) is 5.25. The zero-order chi connectivity index (χ0) is 13.9. The number of carbonyl (C=O) groups excluding carboxylic acids is 2. The van der Waals surface area contributed by atoms with Crippen LogP contribution in [-0.4, -0.2) is 18.0 Å². The summed E-state index contributed by atoms with van der Waals surface area (Å²) in [5.41, 5.74) is 5.33. The van der Waals surface area contributed by atoms with E-state index in [1.165, 1.54) is 0 Å². The molecule has 0 bridgehead atoms. The summed E-state index contributed by atoms with van der Waals surface area (Å²) in [4.78, 5) is 22.0. The summed E-state index contributed by atoms with van der Waals surface area (Å²) >= 11 is 15.2. The molecule has 0 radical (unpaired) electrons. The minimum atomic E-state index is -0.909. The summed E-state index contributed by atoms with van der Waals surface area (Å²) in [5.74, 6) is -0.558. The third-order valence-electron chi connectivity index (χ3n) is 2.05. The highest BCUT2D eigenvalue weighted by atomic mass is 79.9. The van der Waals surface area contributed by atoms with E-state index in [2.05, 4.69) is 21.2 Å². The van der Waals surface area contributed by atoms with Gasteiger partial charge in [0.25, 0.3) is 0 Å². The predicted molar refractivity (Wildman–Crippen MR) is 75.0 cm³/mol. The largest absolute Gasteiger partial charge is 0.373 e. The zero-order valence-corrected chi connectivity index (χ0v) is 12.4. The molecule has 0 fully saturated rings. The first kappa shape index (κ1) is 15.1. The second kappa shape index (κ2) is 6.26. The smallest absolute Gasteiger partial charge is 0.318 e. The Morgan fingerprint density at radius 3 is 2.50 bits per heavy atom. The van der Waals surface area contributed by atoms with E-state index in [1.807, 2.05) is 5.32 Å². The van der Waals surface area contributed by atoms with E-state index in [0.29, 0.717) is 15.2 Å². The van der Waals surface area contributed by atoms with E-state index < -0.39 is 18.0 Å². The molecule has 1 rings (SSSR count). The first-order chi connectivity index (χ1) is 8.32. The number of hydrogen-bond donors (Lipinski definition) is 3. The minimum absolute atomic E-state index is 0.282. The van der Waals surface area contributed by atoms with Crippen LogP contribution in [0.15, 0.2) is 16.6 Å². The zero-order valence-electron chi connectivity index (χ0n) is 9.26. The number of benzene rings is 1. The van der Waals surface area contributed by atoms with E-state index >= 15 is 0 Å². The van der Waals surface area contributed by atoms with Crippen LogP contribution in [0.1, 0.15) is 6.92 Å². The number of primary amides is 1. The maximum absolute atomic E-state index is 11.5. The summed E-state index contributed by atoms with van der Waals surface area (Å²) in [5, 5.41) is 5.41. The molecule has 0 aromatic heterocycles. The highest BCUT2D eigenvalue weighted by molar-refractivity contribution is 9.10. The highest BCUT2D eigenvalue weighted by Crippen LogP contribution is 2.36. The number of hydrogen-bond acceptors (Lipinski definition) is 3. The van der Waals surface area contributed by atoms with Crippen LogP contribution in [0, 0.1) is 0 Å². The number of rotatable bonds is 3. The van der Waals surface area contributed by atoms with Crippen LogP contribution in [0.5, 0.6) is 0 Å². The summed E-state index contributed by atoms with van der Waals surface area (Å²) in [7, 11) is 0. The van der Waals surface area contributed by atoms with Crippen LogP contribution in [0.2, 0.25) is 10.0 Å². The number of carbonyl (C=O) groups is 2. The Hall–Kier alpha value is -0.980. The molecule has 0 aliphatic carbocycles. The van der Waals surface area contributed by atoms with Gasteiger partial charge in [-0.25, -0.2) is 4.79 Å². The van der Waals surface area contributed by atoms with Crippen molar-refractivity contribution >= 4 is 56.8 Å². The van der Waals surface area contributed by atoms with Gasteiger partial charge in [0.2, 0.25) is 5.91 Å². The van der Waals surface area contributed by atoms with Gasteiger partial charge < -0.3 is 11.1 Å². The maximum atomic E-state index is 11.5. The van der Waals surface area contributed by atoms with Crippen molar-refractivity contribution in [1.82, 2.24) is 5.32 Å². The molecule has 98 valence electrons. The molecule has 5 nitrogen and oxygen atoms in total. The molecule has 1 unspecified atom stereocenters. The van der Waals surface area contributed by atoms with Gasteiger partial charge in [-0.3, -0.25) is 10.1 Å². The minimum Gasteiger partial charge on any atom is -0.373 e. The van der Waals surface area contributed by atoms with Gasteiger partial charge in [-0.2, -0.15) is 0 Å².